The Balaban J connectivity index is 1.32. The van der Waals surface area contributed by atoms with Crippen LogP contribution in [0.1, 0.15) is 16.7 Å². The predicted molar refractivity (Wildman–Crippen MR) is 127 cm³/mol. The number of hydrogen-bond donors (Lipinski definition) is 1. The molecule has 0 amide bonds. The number of anilines is 1. The maximum atomic E-state index is 10.9. The molecule has 4 rings (SSSR count). The van der Waals surface area contributed by atoms with Crippen molar-refractivity contribution in [2.45, 2.75) is 13.5 Å². The van der Waals surface area contributed by atoms with E-state index in [1.807, 2.05) is 41.8 Å². The lowest BCUT2D eigenvalue weighted by atomic mass is 10.1. The Morgan fingerprint density at radius 2 is 1.94 bits per heavy atom. The number of hydrogen-bond acceptors (Lipinski definition) is 7. The van der Waals surface area contributed by atoms with Crippen LogP contribution in [0, 0.1) is 17.0 Å². The Morgan fingerprint density at radius 1 is 1.12 bits per heavy atom. The van der Waals surface area contributed by atoms with Crippen molar-refractivity contribution in [3.63, 3.8) is 0 Å². The molecular weight excluding hydrogens is 424 g/mol. The third-order valence-electron chi connectivity index (χ3n) is 4.60. The van der Waals surface area contributed by atoms with E-state index in [-0.39, 0.29) is 5.69 Å². The topological polar surface area (TPSA) is 89.7 Å². The molecule has 3 aromatic carbocycles. The lowest BCUT2D eigenvalue weighted by molar-refractivity contribution is -0.384. The molecule has 0 saturated heterocycles. The number of nitrogens with one attached hydrogen (secondary N) is 1. The van der Waals surface area contributed by atoms with Crippen LogP contribution in [-0.4, -0.2) is 16.1 Å². The first-order valence-electron chi connectivity index (χ1n) is 9.85. The lowest BCUT2D eigenvalue weighted by Gasteiger charge is -2.07. The van der Waals surface area contributed by atoms with Crippen LogP contribution in [0.4, 0.5) is 10.8 Å². The summed E-state index contributed by atoms with van der Waals surface area (Å²) in [6, 6.07) is 22.3. The molecule has 32 heavy (non-hydrogen) atoms. The van der Waals surface area contributed by atoms with Crippen molar-refractivity contribution in [3.05, 3.63) is 105 Å². The molecule has 8 heteroatoms. The Kier molecular flexibility index (Phi) is 6.52. The molecule has 0 fully saturated rings. The number of benzene rings is 3. The van der Waals surface area contributed by atoms with Crippen LogP contribution in [0.15, 0.2) is 83.3 Å². The van der Waals surface area contributed by atoms with Gasteiger partial charge in [0.05, 0.1) is 16.8 Å². The Morgan fingerprint density at radius 3 is 2.72 bits per heavy atom. The van der Waals surface area contributed by atoms with E-state index in [0.29, 0.717) is 23.0 Å². The Hall–Kier alpha value is -4.04. The van der Waals surface area contributed by atoms with Crippen LogP contribution in [-0.2, 0) is 6.61 Å². The summed E-state index contributed by atoms with van der Waals surface area (Å²) in [6.07, 6.45) is 1.69. The minimum Gasteiger partial charge on any atom is -0.489 e. The van der Waals surface area contributed by atoms with Crippen molar-refractivity contribution in [1.29, 1.82) is 0 Å². The molecule has 0 radical (unpaired) electrons. The van der Waals surface area contributed by atoms with Crippen LogP contribution in [0.5, 0.6) is 5.75 Å². The van der Waals surface area contributed by atoms with Gasteiger partial charge in [0.2, 0.25) is 5.13 Å². The summed E-state index contributed by atoms with van der Waals surface area (Å²) in [5.41, 5.74) is 7.54. The highest BCUT2D eigenvalue weighted by molar-refractivity contribution is 7.14. The fraction of sp³-hybridized carbons (Fsp3) is 0.0833. The van der Waals surface area contributed by atoms with Crippen molar-refractivity contribution < 1.29 is 9.66 Å². The molecule has 0 bridgehead atoms. The summed E-state index contributed by atoms with van der Waals surface area (Å²) in [5.74, 6) is 0.790. The molecule has 0 unspecified atom stereocenters. The van der Waals surface area contributed by atoms with Crippen LogP contribution in [0.25, 0.3) is 11.3 Å². The molecule has 0 aliphatic heterocycles. The normalized spacial score (nSPS) is 10.9. The molecule has 0 spiro atoms. The van der Waals surface area contributed by atoms with E-state index < -0.39 is 4.92 Å². The van der Waals surface area contributed by atoms with Gasteiger partial charge < -0.3 is 4.74 Å². The second-order valence-electron chi connectivity index (χ2n) is 7.06. The monoisotopic (exact) mass is 444 g/mol. The summed E-state index contributed by atoms with van der Waals surface area (Å²) in [4.78, 5) is 15.0. The number of hydrazone groups is 1. The quantitative estimate of drug-likeness (QED) is 0.203. The van der Waals surface area contributed by atoms with Crippen molar-refractivity contribution in [2.24, 2.45) is 5.10 Å². The largest absolute Gasteiger partial charge is 0.489 e. The summed E-state index contributed by atoms with van der Waals surface area (Å²) in [5, 5.41) is 17.6. The number of aryl methyl sites for hydroxylation is 1. The highest BCUT2D eigenvalue weighted by Crippen LogP contribution is 2.27. The summed E-state index contributed by atoms with van der Waals surface area (Å²) in [6.45, 7) is 2.58. The summed E-state index contributed by atoms with van der Waals surface area (Å²) in [7, 11) is 0. The smallest absolute Gasteiger partial charge is 0.270 e. The molecule has 1 aromatic heterocycles. The maximum absolute atomic E-state index is 10.9. The number of nitro benzene ring substituents is 1. The lowest BCUT2D eigenvalue weighted by Crippen LogP contribution is -1.96. The number of thiazole rings is 1. The molecular formula is C24H20N4O3S. The third-order valence-corrected chi connectivity index (χ3v) is 5.35. The second-order valence-corrected chi connectivity index (χ2v) is 7.92. The fourth-order valence-electron chi connectivity index (χ4n) is 3.02. The van der Waals surface area contributed by atoms with Crippen LogP contribution in [0.2, 0.25) is 0 Å². The predicted octanol–water partition coefficient (Wildman–Crippen LogP) is 6.05. The average molecular weight is 445 g/mol. The number of nitro groups is 1. The summed E-state index contributed by atoms with van der Waals surface area (Å²) >= 11 is 1.38. The van der Waals surface area contributed by atoms with E-state index in [9.17, 15) is 10.1 Å². The van der Waals surface area contributed by atoms with E-state index in [0.717, 1.165) is 16.9 Å². The van der Waals surface area contributed by atoms with Gasteiger partial charge in [0, 0.05) is 23.1 Å². The van der Waals surface area contributed by atoms with Gasteiger partial charge in [0.25, 0.3) is 5.69 Å². The van der Waals surface area contributed by atoms with E-state index in [4.69, 9.17) is 4.74 Å². The number of nitrogens with zero attached hydrogens (tertiary/aromatic N) is 3. The van der Waals surface area contributed by atoms with Crippen LogP contribution >= 0.6 is 11.3 Å². The third kappa shape index (κ3) is 5.55. The van der Waals surface area contributed by atoms with Crippen LogP contribution < -0.4 is 10.2 Å². The molecule has 0 aliphatic rings. The zero-order valence-electron chi connectivity index (χ0n) is 17.3. The van der Waals surface area contributed by atoms with Crippen molar-refractivity contribution in [1.82, 2.24) is 4.98 Å². The van der Waals surface area contributed by atoms with Crippen molar-refractivity contribution >= 4 is 28.4 Å². The van der Waals surface area contributed by atoms with Crippen molar-refractivity contribution in [2.75, 3.05) is 5.43 Å². The first-order valence-corrected chi connectivity index (χ1v) is 10.7. The van der Waals surface area contributed by atoms with E-state index in [1.165, 1.54) is 29.0 Å². The maximum Gasteiger partial charge on any atom is 0.270 e. The molecule has 7 nitrogen and oxygen atoms in total. The zero-order chi connectivity index (χ0) is 22.3. The first-order chi connectivity index (χ1) is 15.6. The highest BCUT2D eigenvalue weighted by atomic mass is 32.1. The van der Waals surface area contributed by atoms with Gasteiger partial charge in [-0.15, -0.1) is 11.3 Å². The number of ether oxygens (including phenoxy) is 1. The van der Waals surface area contributed by atoms with Gasteiger partial charge in [0.15, 0.2) is 0 Å². The molecule has 0 saturated carbocycles. The molecule has 1 N–H and O–H groups in total. The molecule has 1 heterocycles. The van der Waals surface area contributed by atoms with E-state index in [1.54, 1.807) is 18.3 Å². The van der Waals surface area contributed by atoms with Crippen LogP contribution in [0.3, 0.4) is 0 Å². The SMILES string of the molecule is Cc1cccc(COc2ccc(/C=N/Nc3nc(-c4cccc([N+](=O)[O-])c4)cs3)cc2)c1. The van der Waals surface area contributed by atoms with Gasteiger partial charge in [-0.25, -0.2) is 4.98 Å². The summed E-state index contributed by atoms with van der Waals surface area (Å²) < 4.78 is 5.83. The number of non-ortho nitro benzene ring substituents is 1. The standard InChI is InChI=1S/C24H20N4O3S/c1-17-4-2-5-19(12-17)15-31-22-10-8-18(9-11-22)14-25-27-24-26-23(16-32-24)20-6-3-7-21(13-20)28(29)30/h2-14,16H,15H2,1H3,(H,26,27)/b25-14+. The number of rotatable bonds is 8. The van der Waals surface area contributed by atoms with Crippen molar-refractivity contribution in [3.8, 4) is 17.0 Å². The van der Waals surface area contributed by atoms with Gasteiger partial charge in [-0.2, -0.15) is 5.10 Å². The first kappa shape index (κ1) is 21.2. The van der Waals surface area contributed by atoms with E-state index in [2.05, 4.69) is 34.6 Å². The number of aromatic nitrogens is 1. The molecule has 160 valence electrons. The average Bonchev–Trinajstić information content (AvgIpc) is 3.28. The zero-order valence-corrected chi connectivity index (χ0v) is 18.1. The van der Waals surface area contributed by atoms with Gasteiger partial charge >= 0.3 is 0 Å². The van der Waals surface area contributed by atoms with Gasteiger partial charge in [-0.3, -0.25) is 15.5 Å². The highest BCUT2D eigenvalue weighted by Gasteiger charge is 2.09. The molecule has 4 aromatic rings. The Labute approximate surface area is 189 Å². The minimum atomic E-state index is -0.418. The molecule has 0 aliphatic carbocycles. The van der Waals surface area contributed by atoms with Gasteiger partial charge in [0.1, 0.15) is 12.4 Å². The Bertz CT molecular complexity index is 1250. The van der Waals surface area contributed by atoms with E-state index >= 15 is 0 Å². The van der Waals surface area contributed by atoms with Gasteiger partial charge in [-0.05, 0) is 42.3 Å². The second kappa shape index (κ2) is 9.84. The minimum absolute atomic E-state index is 0.0364. The fourth-order valence-corrected chi connectivity index (χ4v) is 3.69. The molecule has 0 atom stereocenters. The van der Waals surface area contributed by atoms with Gasteiger partial charge in [-0.1, -0.05) is 42.0 Å².